The SMILES string of the molecule is CCCCC(C)/C=C(\C)C(=O)O[C@@H]1CC[C@H](C(=O)N2CCN(C(=O)[C@H]3CC[C@@H](OC(=O)/C(C)=C/C(C)CCCC)C4=CC(=O)/C(=C(\C)C=O)C[C@@]43C)CC2)[C@@]2(C)C/C(=C(/C)C=O)C(=O)C=C12. The molecule has 1 saturated heterocycles. The van der Waals surface area contributed by atoms with Gasteiger partial charge < -0.3 is 19.3 Å². The zero-order valence-corrected chi connectivity index (χ0v) is 41.2. The summed E-state index contributed by atoms with van der Waals surface area (Å²) in [4.78, 5) is 111. The van der Waals surface area contributed by atoms with Crippen LogP contribution in [0.2, 0.25) is 0 Å². The molecule has 0 aromatic heterocycles. The van der Waals surface area contributed by atoms with Crippen molar-refractivity contribution in [3.05, 3.63) is 68.9 Å². The second-order valence-corrected chi connectivity index (χ2v) is 20.3. The number of piperazine rings is 1. The Kier molecular flexibility index (Phi) is 17.5. The molecule has 1 aliphatic heterocycles. The first-order valence-electron chi connectivity index (χ1n) is 24.4. The summed E-state index contributed by atoms with van der Waals surface area (Å²) in [5.74, 6) is -2.55. The maximum Gasteiger partial charge on any atom is 0.333 e. The minimum Gasteiger partial charge on any atom is -0.454 e. The largest absolute Gasteiger partial charge is 0.454 e. The van der Waals surface area contributed by atoms with Crippen LogP contribution in [0.3, 0.4) is 0 Å². The number of hydrogen-bond donors (Lipinski definition) is 0. The van der Waals surface area contributed by atoms with Crippen molar-refractivity contribution in [3.8, 4) is 0 Å². The number of ketones is 2. The summed E-state index contributed by atoms with van der Waals surface area (Å²) in [6, 6.07) is 0. The van der Waals surface area contributed by atoms with Gasteiger partial charge in [-0.2, -0.15) is 0 Å². The summed E-state index contributed by atoms with van der Waals surface area (Å²) in [6.45, 7) is 20.0. The van der Waals surface area contributed by atoms with Crippen LogP contribution in [0.15, 0.2) is 68.9 Å². The van der Waals surface area contributed by atoms with E-state index in [9.17, 15) is 38.4 Å². The van der Waals surface area contributed by atoms with Crippen molar-refractivity contribution in [3.63, 3.8) is 0 Å². The quantitative estimate of drug-likeness (QED) is 0.0833. The molecule has 0 bridgehead atoms. The lowest BCUT2D eigenvalue weighted by molar-refractivity contribution is -0.154. The van der Waals surface area contributed by atoms with Crippen LogP contribution in [-0.2, 0) is 47.8 Å². The molecule has 2 saturated carbocycles. The van der Waals surface area contributed by atoms with Gasteiger partial charge in [0.05, 0.1) is 0 Å². The van der Waals surface area contributed by atoms with Crippen LogP contribution < -0.4 is 0 Å². The minimum atomic E-state index is -0.920. The molecule has 2 amide bonds. The number of amides is 2. The van der Waals surface area contributed by atoms with E-state index in [4.69, 9.17) is 9.47 Å². The van der Waals surface area contributed by atoms with Crippen LogP contribution in [0, 0.1) is 34.5 Å². The van der Waals surface area contributed by atoms with Gasteiger partial charge in [0.25, 0.3) is 0 Å². The second kappa shape index (κ2) is 22.2. The maximum atomic E-state index is 14.7. The van der Waals surface area contributed by atoms with Crippen molar-refractivity contribution >= 4 is 47.9 Å². The first-order valence-corrected chi connectivity index (χ1v) is 24.4. The number of carbonyl (C=O) groups excluding carboxylic acids is 8. The molecule has 0 aromatic rings. The summed E-state index contributed by atoms with van der Waals surface area (Å²) in [5, 5.41) is 0. The van der Waals surface area contributed by atoms with E-state index in [-0.39, 0.29) is 74.2 Å². The number of rotatable bonds is 16. The number of ether oxygens (including phenoxy) is 2. The van der Waals surface area contributed by atoms with Crippen molar-refractivity contribution in [2.45, 2.75) is 158 Å². The summed E-state index contributed by atoms with van der Waals surface area (Å²) in [6.07, 6.45) is 14.6. The molecule has 8 atom stereocenters. The first kappa shape index (κ1) is 52.0. The fraction of sp³-hybridized carbons (Fsp3) is 0.630. The lowest BCUT2D eigenvalue weighted by atomic mass is 9.57. The molecule has 12 nitrogen and oxygen atoms in total. The summed E-state index contributed by atoms with van der Waals surface area (Å²) >= 11 is 0. The third-order valence-electron chi connectivity index (χ3n) is 15.3. The van der Waals surface area contributed by atoms with Gasteiger partial charge in [0, 0.05) is 71.1 Å². The van der Waals surface area contributed by atoms with E-state index in [1.165, 1.54) is 12.2 Å². The normalized spacial score (nSPS) is 29.6. The zero-order chi connectivity index (χ0) is 48.7. The van der Waals surface area contributed by atoms with Crippen molar-refractivity contribution in [1.82, 2.24) is 9.80 Å². The summed E-state index contributed by atoms with van der Waals surface area (Å²) in [7, 11) is 0. The number of unbranched alkanes of at least 4 members (excludes halogenated alkanes) is 2. The molecule has 0 aromatic carbocycles. The molecule has 5 rings (SSSR count). The number of allylic oxidation sites excluding steroid dienone is 8. The van der Waals surface area contributed by atoms with Crippen LogP contribution in [0.1, 0.15) is 146 Å². The summed E-state index contributed by atoms with van der Waals surface area (Å²) in [5.41, 5.74) is 1.63. The molecule has 360 valence electrons. The molecule has 5 aliphatic rings. The Morgan fingerprint density at radius 1 is 0.636 bits per heavy atom. The van der Waals surface area contributed by atoms with Gasteiger partial charge in [0.2, 0.25) is 11.8 Å². The molecule has 2 unspecified atom stereocenters. The fourth-order valence-corrected chi connectivity index (χ4v) is 11.1. The van der Waals surface area contributed by atoms with E-state index in [1.54, 1.807) is 37.5 Å². The van der Waals surface area contributed by atoms with Gasteiger partial charge in [0.15, 0.2) is 11.6 Å². The number of carbonyl (C=O) groups is 8. The number of nitrogens with zero attached hydrogens (tertiary/aromatic N) is 2. The number of hydrogen-bond acceptors (Lipinski definition) is 10. The van der Waals surface area contributed by atoms with Gasteiger partial charge >= 0.3 is 11.9 Å². The van der Waals surface area contributed by atoms with Gasteiger partial charge in [-0.25, -0.2) is 9.59 Å². The third kappa shape index (κ3) is 11.2. The molecule has 0 N–H and O–H groups in total. The lowest BCUT2D eigenvalue weighted by Gasteiger charge is -2.51. The molecule has 12 heteroatoms. The predicted molar refractivity (Wildman–Crippen MR) is 252 cm³/mol. The monoisotopic (exact) mass is 911 g/mol. The van der Waals surface area contributed by atoms with Crippen LogP contribution >= 0.6 is 0 Å². The van der Waals surface area contributed by atoms with Crippen LogP contribution in [0.4, 0.5) is 0 Å². The van der Waals surface area contributed by atoms with E-state index in [0.29, 0.717) is 82.8 Å². The van der Waals surface area contributed by atoms with Crippen molar-refractivity contribution in [2.75, 3.05) is 26.2 Å². The average Bonchev–Trinajstić information content (AvgIpc) is 3.29. The Balaban J connectivity index is 1.34. The van der Waals surface area contributed by atoms with Gasteiger partial charge in [-0.05, 0) is 125 Å². The molecule has 1 heterocycles. The molecular formula is C54H74N2O10. The predicted octanol–water partition coefficient (Wildman–Crippen LogP) is 8.69. The summed E-state index contributed by atoms with van der Waals surface area (Å²) < 4.78 is 12.2. The molecule has 3 fully saturated rings. The van der Waals surface area contributed by atoms with E-state index in [2.05, 4.69) is 27.7 Å². The smallest absolute Gasteiger partial charge is 0.333 e. The number of fused-ring (bicyclic) bond motifs is 2. The second-order valence-electron chi connectivity index (χ2n) is 20.3. The molecule has 0 spiro atoms. The highest BCUT2D eigenvalue weighted by molar-refractivity contribution is 6.10. The molecule has 0 radical (unpaired) electrons. The Hall–Kier alpha value is -5.00. The van der Waals surface area contributed by atoms with Gasteiger partial charge in [0.1, 0.15) is 24.8 Å². The molecule has 4 aliphatic carbocycles. The van der Waals surface area contributed by atoms with E-state index >= 15 is 0 Å². The van der Waals surface area contributed by atoms with Gasteiger partial charge in [-0.15, -0.1) is 0 Å². The van der Waals surface area contributed by atoms with Crippen LogP contribution in [0.5, 0.6) is 0 Å². The number of esters is 2. The van der Waals surface area contributed by atoms with E-state index in [1.807, 2.05) is 26.0 Å². The molecular weight excluding hydrogens is 837 g/mol. The first-order chi connectivity index (χ1) is 31.2. The van der Waals surface area contributed by atoms with Crippen LogP contribution in [-0.4, -0.2) is 96.1 Å². The van der Waals surface area contributed by atoms with E-state index < -0.39 is 46.8 Å². The highest BCUT2D eigenvalue weighted by Gasteiger charge is 2.55. The average molecular weight is 911 g/mol. The van der Waals surface area contributed by atoms with Gasteiger partial charge in [-0.1, -0.05) is 79.4 Å². The lowest BCUT2D eigenvalue weighted by Crippen LogP contribution is -2.58. The topological polar surface area (TPSA) is 162 Å². The van der Waals surface area contributed by atoms with E-state index in [0.717, 1.165) is 38.5 Å². The Bertz CT molecular complexity index is 2000. The van der Waals surface area contributed by atoms with Gasteiger partial charge in [-0.3, -0.25) is 28.8 Å². The van der Waals surface area contributed by atoms with Crippen molar-refractivity contribution in [2.24, 2.45) is 34.5 Å². The minimum absolute atomic E-state index is 0.118. The maximum absolute atomic E-state index is 14.7. The zero-order valence-electron chi connectivity index (χ0n) is 41.2. The van der Waals surface area contributed by atoms with Crippen molar-refractivity contribution in [1.29, 1.82) is 0 Å². The van der Waals surface area contributed by atoms with Crippen LogP contribution in [0.25, 0.3) is 0 Å². The highest BCUT2D eigenvalue weighted by Crippen LogP contribution is 2.55. The Morgan fingerprint density at radius 3 is 1.30 bits per heavy atom. The highest BCUT2D eigenvalue weighted by atomic mass is 16.5. The fourth-order valence-electron chi connectivity index (χ4n) is 11.1. The Labute approximate surface area is 392 Å². The molecule has 66 heavy (non-hydrogen) atoms. The standard InChI is InChI=1S/C54H74N2O10/c1-11-13-15-33(3)25-35(5)51(63)65-47-19-17-41(53(9)29-39(37(7)31-57)45(59)27-43(47)53)49(61)55-21-23-56(24-22-55)50(62)42-18-20-48(66-52(64)36(6)26-34(4)16-14-12-2)44-28-46(60)40(38(8)32-58)30-54(42,44)10/h25-28,31-34,41-42,47-48H,11-24,29-30H2,1-10H3/b35-25+,36-26+,39-37+,40-38+/t33?,34?,41-,42-,47-,48-,53-,54-/m1/s1. The number of aldehydes is 2. The van der Waals surface area contributed by atoms with Crippen molar-refractivity contribution < 1.29 is 47.8 Å². The Morgan fingerprint density at radius 2 is 0.985 bits per heavy atom. The third-order valence-corrected chi connectivity index (χ3v) is 15.3.